The van der Waals surface area contributed by atoms with E-state index in [0.717, 1.165) is 12.8 Å². The van der Waals surface area contributed by atoms with Gasteiger partial charge in [-0.15, -0.1) is 0 Å². The Hall–Kier alpha value is -1.76. The highest BCUT2D eigenvalue weighted by atomic mass is 19.4. The molecule has 1 aromatic carbocycles. The van der Waals surface area contributed by atoms with Crippen molar-refractivity contribution < 1.29 is 23.1 Å². The van der Waals surface area contributed by atoms with Crippen molar-refractivity contribution in [2.24, 2.45) is 5.92 Å². The lowest BCUT2D eigenvalue weighted by Crippen LogP contribution is -2.38. The van der Waals surface area contributed by atoms with E-state index in [9.17, 15) is 23.1 Å². The van der Waals surface area contributed by atoms with Crippen LogP contribution in [-0.4, -0.2) is 30.0 Å². The van der Waals surface area contributed by atoms with Crippen LogP contribution in [-0.2, 0) is 6.42 Å². The number of amides is 2. The summed E-state index contributed by atoms with van der Waals surface area (Å²) in [6, 6.07) is 5.14. The first-order valence-corrected chi connectivity index (χ1v) is 7.64. The van der Waals surface area contributed by atoms with Crippen LogP contribution in [0.5, 0.6) is 0 Å². The van der Waals surface area contributed by atoms with Crippen molar-refractivity contribution in [1.82, 2.24) is 5.32 Å². The summed E-state index contributed by atoms with van der Waals surface area (Å²) in [7, 11) is 0. The lowest BCUT2D eigenvalue weighted by molar-refractivity contribution is -0.127. The van der Waals surface area contributed by atoms with E-state index in [1.165, 1.54) is 18.2 Å². The van der Waals surface area contributed by atoms with Crippen LogP contribution in [0.15, 0.2) is 24.3 Å². The van der Waals surface area contributed by atoms with Crippen LogP contribution >= 0.6 is 0 Å². The molecule has 0 aliphatic carbocycles. The van der Waals surface area contributed by atoms with Crippen LogP contribution in [0, 0.1) is 5.92 Å². The third-order valence-electron chi connectivity index (χ3n) is 3.72. The fourth-order valence-electron chi connectivity index (χ4n) is 2.38. The van der Waals surface area contributed by atoms with E-state index < -0.39 is 24.7 Å². The zero-order valence-electron chi connectivity index (χ0n) is 13.3. The predicted molar refractivity (Wildman–Crippen MR) is 83.3 cm³/mol. The van der Waals surface area contributed by atoms with Crippen molar-refractivity contribution in [3.05, 3.63) is 29.8 Å². The molecule has 0 aromatic heterocycles. The van der Waals surface area contributed by atoms with Crippen molar-refractivity contribution >= 4 is 11.7 Å². The number of aliphatic hydroxyl groups excluding tert-OH is 1. The average molecular weight is 332 g/mol. The van der Waals surface area contributed by atoms with E-state index >= 15 is 0 Å². The van der Waals surface area contributed by atoms with Crippen molar-refractivity contribution in [3.63, 3.8) is 0 Å². The van der Waals surface area contributed by atoms with Gasteiger partial charge in [-0.3, -0.25) is 0 Å². The molecule has 1 unspecified atom stereocenters. The molecule has 0 aliphatic heterocycles. The van der Waals surface area contributed by atoms with Gasteiger partial charge in [0.25, 0.3) is 0 Å². The molecule has 0 radical (unpaired) electrons. The molecule has 0 saturated heterocycles. The quantitative estimate of drug-likeness (QED) is 0.713. The number of anilines is 1. The van der Waals surface area contributed by atoms with Crippen LogP contribution in [0.1, 0.15) is 32.3 Å². The van der Waals surface area contributed by atoms with E-state index in [1.807, 2.05) is 13.8 Å². The van der Waals surface area contributed by atoms with Crippen LogP contribution in [0.3, 0.4) is 0 Å². The van der Waals surface area contributed by atoms with E-state index in [0.29, 0.717) is 0 Å². The minimum absolute atomic E-state index is 0.00399. The Bertz CT molecular complexity index is 502. The van der Waals surface area contributed by atoms with Crippen LogP contribution < -0.4 is 10.6 Å². The summed E-state index contributed by atoms with van der Waals surface area (Å²) in [5, 5.41) is 14.8. The molecule has 1 rings (SSSR count). The zero-order valence-corrected chi connectivity index (χ0v) is 13.3. The number of aliphatic hydroxyl groups is 1. The zero-order chi connectivity index (χ0) is 17.5. The molecule has 1 aromatic rings. The van der Waals surface area contributed by atoms with Gasteiger partial charge in [-0.25, -0.2) is 4.79 Å². The maximum absolute atomic E-state index is 12.5. The lowest BCUT2D eigenvalue weighted by atomic mass is 9.97. The standard InChI is InChI=1S/C16H23F3N2O2/c1-3-11(4-2)14(22)10-20-15(23)21-13-8-6-5-7-12(13)9-16(17,18)19/h5-8,11,14,22H,3-4,9-10H2,1-2H3,(H2,20,21,23). The summed E-state index contributed by atoms with van der Waals surface area (Å²) in [4.78, 5) is 11.8. The number of halogens is 3. The van der Waals surface area contributed by atoms with Gasteiger partial charge in [0.15, 0.2) is 0 Å². The van der Waals surface area contributed by atoms with Crippen LogP contribution in [0.4, 0.5) is 23.7 Å². The Morgan fingerprint density at radius 1 is 1.22 bits per heavy atom. The predicted octanol–water partition coefficient (Wildman–Crippen LogP) is 3.71. The average Bonchev–Trinajstić information content (AvgIpc) is 2.47. The van der Waals surface area contributed by atoms with Gasteiger partial charge in [0.1, 0.15) is 0 Å². The van der Waals surface area contributed by atoms with E-state index in [4.69, 9.17) is 0 Å². The Labute approximate surface area is 134 Å². The summed E-state index contributed by atoms with van der Waals surface area (Å²) >= 11 is 0. The minimum Gasteiger partial charge on any atom is -0.391 e. The SMILES string of the molecule is CCC(CC)C(O)CNC(=O)Nc1ccccc1CC(F)(F)F. The molecule has 130 valence electrons. The fraction of sp³-hybridized carbons (Fsp3) is 0.562. The Balaban J connectivity index is 2.61. The number of alkyl halides is 3. The molecule has 0 spiro atoms. The monoisotopic (exact) mass is 332 g/mol. The fourth-order valence-corrected chi connectivity index (χ4v) is 2.38. The maximum atomic E-state index is 12.5. The molecule has 0 aliphatic rings. The maximum Gasteiger partial charge on any atom is 0.393 e. The Kier molecular flexibility index (Phi) is 7.35. The molecule has 2 amide bonds. The van der Waals surface area contributed by atoms with E-state index in [-0.39, 0.29) is 23.7 Å². The third kappa shape index (κ3) is 6.90. The topological polar surface area (TPSA) is 61.4 Å². The van der Waals surface area contributed by atoms with Crippen molar-refractivity contribution in [1.29, 1.82) is 0 Å². The summed E-state index contributed by atoms with van der Waals surface area (Å²) in [5.41, 5.74) is 0.107. The highest BCUT2D eigenvalue weighted by Gasteiger charge is 2.29. The van der Waals surface area contributed by atoms with Gasteiger partial charge in [0, 0.05) is 12.2 Å². The first-order chi connectivity index (χ1) is 10.8. The largest absolute Gasteiger partial charge is 0.393 e. The molecule has 23 heavy (non-hydrogen) atoms. The van der Waals surface area contributed by atoms with Gasteiger partial charge in [0.2, 0.25) is 0 Å². The summed E-state index contributed by atoms with van der Waals surface area (Å²) in [5.74, 6) is 0.0767. The van der Waals surface area contributed by atoms with Gasteiger partial charge in [-0.05, 0) is 17.5 Å². The highest BCUT2D eigenvalue weighted by Crippen LogP contribution is 2.25. The van der Waals surface area contributed by atoms with Gasteiger partial charge < -0.3 is 15.7 Å². The Morgan fingerprint density at radius 3 is 2.39 bits per heavy atom. The normalized spacial score (nSPS) is 13.0. The second kappa shape index (κ2) is 8.76. The lowest BCUT2D eigenvalue weighted by Gasteiger charge is -2.20. The number of carbonyl (C=O) groups is 1. The van der Waals surface area contributed by atoms with Gasteiger partial charge >= 0.3 is 12.2 Å². The second-order valence-electron chi connectivity index (χ2n) is 5.43. The molecular weight excluding hydrogens is 309 g/mol. The Morgan fingerprint density at radius 2 is 1.83 bits per heavy atom. The van der Waals surface area contributed by atoms with Crippen molar-refractivity contribution in [3.8, 4) is 0 Å². The number of para-hydroxylation sites is 1. The number of hydrogen-bond donors (Lipinski definition) is 3. The molecule has 1 atom stereocenters. The number of hydrogen-bond acceptors (Lipinski definition) is 2. The number of rotatable bonds is 7. The highest BCUT2D eigenvalue weighted by molar-refractivity contribution is 5.90. The van der Waals surface area contributed by atoms with E-state index in [2.05, 4.69) is 10.6 Å². The minimum atomic E-state index is -4.35. The molecule has 0 heterocycles. The summed E-state index contributed by atoms with van der Waals surface area (Å²) in [6.45, 7) is 3.95. The number of urea groups is 1. The molecule has 0 saturated carbocycles. The second-order valence-corrected chi connectivity index (χ2v) is 5.43. The van der Waals surface area contributed by atoms with Gasteiger partial charge in [-0.2, -0.15) is 13.2 Å². The molecule has 3 N–H and O–H groups in total. The molecule has 4 nitrogen and oxygen atoms in total. The number of carbonyl (C=O) groups excluding carboxylic acids is 1. The summed E-state index contributed by atoms with van der Waals surface area (Å²) < 4.78 is 37.6. The van der Waals surface area contributed by atoms with Crippen molar-refractivity contribution in [2.75, 3.05) is 11.9 Å². The van der Waals surface area contributed by atoms with Crippen LogP contribution in [0.2, 0.25) is 0 Å². The first-order valence-electron chi connectivity index (χ1n) is 7.64. The van der Waals surface area contributed by atoms with Crippen LogP contribution in [0.25, 0.3) is 0 Å². The molecular formula is C16H23F3N2O2. The first kappa shape index (κ1) is 19.3. The van der Waals surface area contributed by atoms with Gasteiger partial charge in [0.05, 0.1) is 12.5 Å². The third-order valence-corrected chi connectivity index (χ3v) is 3.72. The summed E-state index contributed by atoms with van der Waals surface area (Å²) in [6.07, 6.45) is -4.56. The molecule has 0 bridgehead atoms. The van der Waals surface area contributed by atoms with Crippen molar-refractivity contribution in [2.45, 2.75) is 45.4 Å². The van der Waals surface area contributed by atoms with E-state index in [1.54, 1.807) is 6.07 Å². The number of benzene rings is 1. The molecule has 7 heteroatoms. The smallest absolute Gasteiger partial charge is 0.391 e. The molecule has 0 fully saturated rings. The van der Waals surface area contributed by atoms with Gasteiger partial charge in [-0.1, -0.05) is 44.9 Å². The number of nitrogens with one attached hydrogen (secondary N) is 2.